The maximum atomic E-state index is 13.4. The van der Waals surface area contributed by atoms with Crippen LogP contribution in [0.15, 0.2) is 15.8 Å². The highest BCUT2D eigenvalue weighted by molar-refractivity contribution is 7.44. The lowest BCUT2D eigenvalue weighted by Crippen LogP contribution is -2.47. The number of hydrogen-bond acceptors (Lipinski definition) is 12. The summed E-state index contributed by atoms with van der Waals surface area (Å²) in [7, 11) is 1.51. The van der Waals surface area contributed by atoms with E-state index in [2.05, 4.69) is 0 Å². The first kappa shape index (κ1) is 32.3. The Balaban J connectivity index is 2.32. The molecule has 0 spiro atoms. The second-order valence-electron chi connectivity index (χ2n) is 9.50. The number of aromatic nitrogens is 2. The molecular formula is C23H40N5O9P. The lowest BCUT2D eigenvalue weighted by Gasteiger charge is -2.34. The second kappa shape index (κ2) is 15.0. The summed E-state index contributed by atoms with van der Waals surface area (Å²) in [6, 6.07) is 1.86. The first-order chi connectivity index (χ1) is 17.9. The minimum absolute atomic E-state index is 0.0464. The molecule has 14 nitrogen and oxygen atoms in total. The molecule has 0 saturated carbocycles. The lowest BCUT2D eigenvalue weighted by atomic mass is 10.1. The Labute approximate surface area is 223 Å². The third kappa shape index (κ3) is 8.29. The molecule has 0 amide bonds. The van der Waals surface area contributed by atoms with Gasteiger partial charge in [0.15, 0.2) is 6.23 Å². The van der Waals surface area contributed by atoms with Gasteiger partial charge in [0.1, 0.15) is 18.3 Å². The van der Waals surface area contributed by atoms with Crippen LogP contribution in [0.5, 0.6) is 0 Å². The number of nitriles is 1. The summed E-state index contributed by atoms with van der Waals surface area (Å²) in [4.78, 5) is 31.6. The molecule has 1 aromatic rings. The van der Waals surface area contributed by atoms with Gasteiger partial charge in [0.2, 0.25) is 0 Å². The van der Waals surface area contributed by atoms with E-state index in [-0.39, 0.29) is 50.5 Å². The van der Waals surface area contributed by atoms with Crippen molar-refractivity contribution >= 4 is 8.53 Å². The van der Waals surface area contributed by atoms with Crippen molar-refractivity contribution < 1.29 is 33.7 Å². The summed E-state index contributed by atoms with van der Waals surface area (Å²) in [6.45, 7) is 9.67. The number of nitrogens with zero attached hydrogens (tertiary/aromatic N) is 5. The molecular weight excluding hydrogens is 521 g/mol. The molecule has 1 aromatic heterocycles. The van der Waals surface area contributed by atoms with Crippen LogP contribution in [0.3, 0.4) is 0 Å². The molecule has 2 N–H and O–H groups in total. The topological polar surface area (TPSA) is 161 Å². The number of ether oxygens (including phenoxy) is 2. The molecule has 5 atom stereocenters. The van der Waals surface area contributed by atoms with E-state index < -0.39 is 44.3 Å². The molecule has 2 rings (SSSR count). The van der Waals surface area contributed by atoms with Gasteiger partial charge < -0.3 is 28.8 Å². The number of rotatable bonds is 15. The van der Waals surface area contributed by atoms with Crippen molar-refractivity contribution in [1.29, 1.82) is 5.26 Å². The van der Waals surface area contributed by atoms with Crippen LogP contribution in [0.2, 0.25) is 0 Å². The van der Waals surface area contributed by atoms with E-state index in [0.717, 1.165) is 4.57 Å². The van der Waals surface area contributed by atoms with E-state index in [0.29, 0.717) is 4.73 Å². The molecule has 1 aliphatic rings. The van der Waals surface area contributed by atoms with Crippen LogP contribution in [0.25, 0.3) is 0 Å². The zero-order valence-electron chi connectivity index (χ0n) is 23.0. The molecule has 1 unspecified atom stereocenters. The largest absolute Gasteiger partial charge is 0.387 e. The van der Waals surface area contributed by atoms with Crippen molar-refractivity contribution in [3.8, 4) is 6.07 Å². The summed E-state index contributed by atoms with van der Waals surface area (Å²) in [5.41, 5.74) is -1.48. The first-order valence-corrected chi connectivity index (χ1v) is 13.5. The average Bonchev–Trinajstić information content (AvgIpc) is 3.11. The maximum Gasteiger partial charge on any atom is 0.367 e. The number of hydroxylamine groups is 2. The van der Waals surface area contributed by atoms with Crippen LogP contribution in [0.4, 0.5) is 0 Å². The van der Waals surface area contributed by atoms with E-state index in [1.54, 1.807) is 14.1 Å². The van der Waals surface area contributed by atoms with Crippen LogP contribution in [-0.2, 0) is 18.8 Å². The van der Waals surface area contributed by atoms with E-state index in [1.165, 1.54) is 18.2 Å². The maximum absolute atomic E-state index is 13.4. The SMILES string of the molecule is Cc1cn([C@@H]2O[C@H](COCCON(C)C)[C@@H](O)[C@H]2O)c(=O)n(OP(OCCC#N)N(C(C)C)C(C)C)c1=O. The van der Waals surface area contributed by atoms with Gasteiger partial charge in [-0.3, -0.25) is 14.2 Å². The fourth-order valence-electron chi connectivity index (χ4n) is 3.85. The predicted molar refractivity (Wildman–Crippen MR) is 138 cm³/mol. The third-order valence-corrected chi connectivity index (χ3v) is 7.54. The van der Waals surface area contributed by atoms with E-state index in [9.17, 15) is 19.8 Å². The summed E-state index contributed by atoms with van der Waals surface area (Å²) in [5.74, 6) is 0. The van der Waals surface area contributed by atoms with Gasteiger partial charge in [-0.05, 0) is 34.6 Å². The number of aliphatic hydroxyl groups excluding tert-OH is 2. The van der Waals surface area contributed by atoms with Gasteiger partial charge >= 0.3 is 14.2 Å². The van der Waals surface area contributed by atoms with Gasteiger partial charge in [-0.1, -0.05) is 4.73 Å². The van der Waals surface area contributed by atoms with Gasteiger partial charge in [0.25, 0.3) is 5.56 Å². The van der Waals surface area contributed by atoms with E-state index in [4.69, 9.17) is 28.7 Å². The normalized spacial score (nSPS) is 22.5. The highest BCUT2D eigenvalue weighted by Crippen LogP contribution is 2.42. The first-order valence-electron chi connectivity index (χ1n) is 12.4. The van der Waals surface area contributed by atoms with Crippen molar-refractivity contribution in [2.24, 2.45) is 0 Å². The third-order valence-electron chi connectivity index (χ3n) is 5.53. The molecule has 0 aromatic carbocycles. The molecule has 1 aliphatic heterocycles. The summed E-state index contributed by atoms with van der Waals surface area (Å²) >= 11 is 0. The van der Waals surface area contributed by atoms with E-state index >= 15 is 0 Å². The molecule has 1 saturated heterocycles. The average molecular weight is 562 g/mol. The minimum Gasteiger partial charge on any atom is -0.387 e. The van der Waals surface area contributed by atoms with Crippen molar-refractivity contribution in [1.82, 2.24) is 19.0 Å². The Bertz CT molecular complexity index is 1030. The predicted octanol–water partition coefficient (Wildman–Crippen LogP) is 0.152. The number of aryl methyl sites for hydroxylation is 1. The van der Waals surface area contributed by atoms with Crippen molar-refractivity contribution in [2.75, 3.05) is 40.5 Å². The molecule has 0 bridgehead atoms. The Hall–Kier alpha value is -1.92. The van der Waals surface area contributed by atoms with Crippen LogP contribution in [-0.4, -0.2) is 100 Å². The summed E-state index contributed by atoms with van der Waals surface area (Å²) < 4.78 is 26.4. The molecule has 2 heterocycles. The Morgan fingerprint density at radius 3 is 2.37 bits per heavy atom. The van der Waals surface area contributed by atoms with Gasteiger partial charge in [-0.15, -0.1) is 0 Å². The molecule has 0 aliphatic carbocycles. The van der Waals surface area contributed by atoms with Crippen molar-refractivity contribution in [3.05, 3.63) is 32.6 Å². The molecule has 15 heteroatoms. The Morgan fingerprint density at radius 2 is 1.79 bits per heavy atom. The fraction of sp³-hybridized carbons (Fsp3) is 0.783. The monoisotopic (exact) mass is 561 g/mol. The van der Waals surface area contributed by atoms with Gasteiger partial charge in [-0.2, -0.15) is 10.3 Å². The quantitative estimate of drug-likeness (QED) is 0.170. The fourth-order valence-corrected chi connectivity index (χ4v) is 5.40. The minimum atomic E-state index is -1.96. The van der Waals surface area contributed by atoms with Gasteiger partial charge in [-0.25, -0.2) is 9.46 Å². The molecule has 38 heavy (non-hydrogen) atoms. The zero-order chi connectivity index (χ0) is 28.6. The van der Waals surface area contributed by atoms with Crippen LogP contribution in [0.1, 0.15) is 45.9 Å². The molecule has 1 fully saturated rings. The highest BCUT2D eigenvalue weighted by Gasteiger charge is 2.44. The Kier molecular flexibility index (Phi) is 12.8. The Morgan fingerprint density at radius 1 is 1.13 bits per heavy atom. The number of hydrogen-bond donors (Lipinski definition) is 2. The smallest absolute Gasteiger partial charge is 0.367 e. The number of aliphatic hydroxyl groups is 2. The van der Waals surface area contributed by atoms with Crippen LogP contribution < -0.4 is 15.9 Å². The van der Waals surface area contributed by atoms with Crippen LogP contribution >= 0.6 is 8.53 Å². The van der Waals surface area contributed by atoms with Crippen molar-refractivity contribution in [2.45, 2.75) is 77.7 Å². The lowest BCUT2D eigenvalue weighted by molar-refractivity contribution is -0.141. The highest BCUT2D eigenvalue weighted by atomic mass is 31.2. The zero-order valence-corrected chi connectivity index (χ0v) is 23.9. The summed E-state index contributed by atoms with van der Waals surface area (Å²) in [5, 5.41) is 31.6. The summed E-state index contributed by atoms with van der Waals surface area (Å²) in [6.07, 6.45) is -3.68. The van der Waals surface area contributed by atoms with Crippen molar-refractivity contribution in [3.63, 3.8) is 0 Å². The molecule has 216 valence electrons. The van der Waals surface area contributed by atoms with Crippen LogP contribution in [0, 0.1) is 18.3 Å². The van der Waals surface area contributed by atoms with Gasteiger partial charge in [0.05, 0.1) is 38.9 Å². The standard InChI is InChI=1S/C23H40N5O9P/c1-15(2)28(16(3)4)38(35-10-8-9-24)37-27-21(31)17(5)13-26(23(27)32)22-20(30)19(29)18(36-22)14-33-11-12-34-25(6)7/h13,15-16,18-20,22,29-30H,8,10-12,14H2,1-7H3/t18-,19-,20-,22-,38?/m1/s1. The van der Waals surface area contributed by atoms with E-state index in [1.807, 2.05) is 38.4 Å². The molecule has 0 radical (unpaired) electrons. The second-order valence-corrected chi connectivity index (χ2v) is 10.9. The van der Waals surface area contributed by atoms with Gasteiger partial charge in [0, 0.05) is 37.9 Å².